The maximum absolute atomic E-state index is 12.0. The molecule has 0 saturated carbocycles. The lowest BCUT2D eigenvalue weighted by Crippen LogP contribution is -2.14. The molecule has 1 unspecified atom stereocenters. The van der Waals surface area contributed by atoms with Crippen LogP contribution in [0.25, 0.3) is 0 Å². The van der Waals surface area contributed by atoms with Crippen LogP contribution in [-0.4, -0.2) is 12.7 Å². The molecule has 94 valence electrons. The van der Waals surface area contributed by atoms with E-state index in [1.165, 1.54) is 6.07 Å². The van der Waals surface area contributed by atoms with Gasteiger partial charge >= 0.3 is 6.61 Å². The topological polar surface area (TPSA) is 21.3 Å². The summed E-state index contributed by atoms with van der Waals surface area (Å²) in [6, 6.07) is 6.83. The van der Waals surface area contributed by atoms with E-state index in [2.05, 4.69) is 16.6 Å². The van der Waals surface area contributed by atoms with E-state index in [4.69, 9.17) is 0 Å². The zero-order valence-corrected chi connectivity index (χ0v) is 9.83. The van der Waals surface area contributed by atoms with Crippen LogP contribution in [0.15, 0.2) is 36.9 Å². The molecule has 2 nitrogen and oxygen atoms in total. The number of hydrogen-bond acceptors (Lipinski definition) is 2. The standard InChI is InChI=1S/C13H17F2NO/c1-3-4-6-10(2)16-11-7-5-8-12(9-11)17-13(14)15/h3,5,7-10,13,16H,1,4,6H2,2H3. The van der Waals surface area contributed by atoms with Gasteiger partial charge in [0.1, 0.15) is 5.75 Å². The summed E-state index contributed by atoms with van der Waals surface area (Å²) in [5, 5.41) is 3.22. The lowest BCUT2D eigenvalue weighted by atomic mass is 10.1. The van der Waals surface area contributed by atoms with Crippen LogP contribution < -0.4 is 10.1 Å². The van der Waals surface area contributed by atoms with Crippen molar-refractivity contribution in [2.75, 3.05) is 5.32 Å². The molecule has 0 fully saturated rings. The summed E-state index contributed by atoms with van der Waals surface area (Å²) in [5.41, 5.74) is 0.778. The van der Waals surface area contributed by atoms with Gasteiger partial charge in [-0.05, 0) is 31.9 Å². The summed E-state index contributed by atoms with van der Waals surface area (Å²) in [6.45, 7) is 2.90. The lowest BCUT2D eigenvalue weighted by molar-refractivity contribution is -0.0498. The molecule has 0 bridgehead atoms. The van der Waals surface area contributed by atoms with Gasteiger partial charge in [-0.25, -0.2) is 0 Å². The molecule has 1 aromatic carbocycles. The van der Waals surface area contributed by atoms with Crippen molar-refractivity contribution in [2.24, 2.45) is 0 Å². The van der Waals surface area contributed by atoms with E-state index in [0.717, 1.165) is 18.5 Å². The quantitative estimate of drug-likeness (QED) is 0.727. The van der Waals surface area contributed by atoms with Gasteiger partial charge in [-0.1, -0.05) is 12.1 Å². The zero-order valence-electron chi connectivity index (χ0n) is 9.83. The SMILES string of the molecule is C=CCCC(C)Nc1cccc(OC(F)F)c1. The van der Waals surface area contributed by atoms with Gasteiger partial charge in [0, 0.05) is 17.8 Å². The Balaban J connectivity index is 2.55. The Hall–Kier alpha value is -1.58. The predicted molar refractivity (Wildman–Crippen MR) is 65.6 cm³/mol. The summed E-state index contributed by atoms with van der Waals surface area (Å²) < 4.78 is 28.4. The van der Waals surface area contributed by atoms with Crippen molar-refractivity contribution in [3.8, 4) is 5.75 Å². The third-order valence-corrected chi connectivity index (χ3v) is 2.28. The molecule has 0 aromatic heterocycles. The number of hydrogen-bond donors (Lipinski definition) is 1. The average Bonchev–Trinajstić information content (AvgIpc) is 2.26. The largest absolute Gasteiger partial charge is 0.435 e. The fourth-order valence-electron chi connectivity index (χ4n) is 1.49. The summed E-state index contributed by atoms with van der Waals surface area (Å²) in [4.78, 5) is 0. The molecule has 1 aromatic rings. The van der Waals surface area contributed by atoms with E-state index in [-0.39, 0.29) is 11.8 Å². The fraction of sp³-hybridized carbons (Fsp3) is 0.385. The minimum atomic E-state index is -2.79. The first-order valence-electron chi connectivity index (χ1n) is 5.54. The third kappa shape index (κ3) is 5.33. The first-order valence-corrected chi connectivity index (χ1v) is 5.54. The highest BCUT2D eigenvalue weighted by atomic mass is 19.3. The van der Waals surface area contributed by atoms with Crippen molar-refractivity contribution in [2.45, 2.75) is 32.4 Å². The van der Waals surface area contributed by atoms with E-state index in [1.54, 1.807) is 12.1 Å². The Bertz CT molecular complexity index is 355. The average molecular weight is 241 g/mol. The lowest BCUT2D eigenvalue weighted by Gasteiger charge is -2.15. The van der Waals surface area contributed by atoms with Gasteiger partial charge in [-0.3, -0.25) is 0 Å². The minimum absolute atomic E-state index is 0.168. The van der Waals surface area contributed by atoms with Gasteiger partial charge in [0.05, 0.1) is 0 Å². The molecule has 0 saturated heterocycles. The van der Waals surface area contributed by atoms with Crippen LogP contribution >= 0.6 is 0 Å². The van der Waals surface area contributed by atoms with Crippen LogP contribution in [0.5, 0.6) is 5.75 Å². The van der Waals surface area contributed by atoms with Crippen LogP contribution in [-0.2, 0) is 0 Å². The molecule has 0 spiro atoms. The highest BCUT2D eigenvalue weighted by Gasteiger charge is 2.06. The molecule has 0 aliphatic carbocycles. The zero-order chi connectivity index (χ0) is 12.7. The second kappa shape index (κ2) is 6.89. The Labute approximate surface area is 100 Å². The van der Waals surface area contributed by atoms with E-state index in [1.807, 2.05) is 19.1 Å². The van der Waals surface area contributed by atoms with Gasteiger partial charge in [-0.2, -0.15) is 8.78 Å². The fourth-order valence-corrected chi connectivity index (χ4v) is 1.49. The predicted octanol–water partition coefficient (Wildman–Crippen LogP) is 4.05. The number of alkyl halides is 2. The number of halogens is 2. The monoisotopic (exact) mass is 241 g/mol. The Morgan fingerprint density at radius 3 is 2.88 bits per heavy atom. The van der Waals surface area contributed by atoms with E-state index < -0.39 is 6.61 Å². The van der Waals surface area contributed by atoms with Crippen LogP contribution in [0.4, 0.5) is 14.5 Å². The Kier molecular flexibility index (Phi) is 5.46. The molecule has 0 heterocycles. The van der Waals surface area contributed by atoms with Crippen LogP contribution in [0.2, 0.25) is 0 Å². The molecular formula is C13H17F2NO. The van der Waals surface area contributed by atoms with Gasteiger partial charge in [0.2, 0.25) is 0 Å². The Morgan fingerprint density at radius 2 is 2.24 bits per heavy atom. The van der Waals surface area contributed by atoms with Crippen LogP contribution in [0.3, 0.4) is 0 Å². The second-order valence-corrected chi connectivity index (χ2v) is 3.82. The molecule has 0 aliphatic rings. The highest BCUT2D eigenvalue weighted by Crippen LogP contribution is 2.20. The third-order valence-electron chi connectivity index (χ3n) is 2.28. The number of rotatable bonds is 7. The molecule has 4 heteroatoms. The van der Waals surface area contributed by atoms with Gasteiger partial charge in [-0.15, -0.1) is 6.58 Å². The van der Waals surface area contributed by atoms with E-state index in [0.29, 0.717) is 0 Å². The van der Waals surface area contributed by atoms with Crippen molar-refractivity contribution >= 4 is 5.69 Å². The smallest absolute Gasteiger partial charge is 0.387 e. The molecule has 0 amide bonds. The van der Waals surface area contributed by atoms with Crippen molar-refractivity contribution in [1.82, 2.24) is 0 Å². The summed E-state index contributed by atoms with van der Waals surface area (Å²) >= 11 is 0. The van der Waals surface area contributed by atoms with Gasteiger partial charge < -0.3 is 10.1 Å². The van der Waals surface area contributed by atoms with Crippen molar-refractivity contribution in [1.29, 1.82) is 0 Å². The maximum atomic E-state index is 12.0. The van der Waals surface area contributed by atoms with E-state index >= 15 is 0 Å². The van der Waals surface area contributed by atoms with E-state index in [9.17, 15) is 8.78 Å². The summed E-state index contributed by atoms with van der Waals surface area (Å²) in [5.74, 6) is 0.168. The van der Waals surface area contributed by atoms with Crippen molar-refractivity contribution in [3.05, 3.63) is 36.9 Å². The van der Waals surface area contributed by atoms with Crippen molar-refractivity contribution < 1.29 is 13.5 Å². The summed E-state index contributed by atoms with van der Waals surface area (Å²) in [7, 11) is 0. The highest BCUT2D eigenvalue weighted by molar-refractivity contribution is 5.48. The Morgan fingerprint density at radius 1 is 1.47 bits per heavy atom. The minimum Gasteiger partial charge on any atom is -0.435 e. The normalized spacial score (nSPS) is 12.2. The molecule has 1 N–H and O–H groups in total. The molecule has 1 rings (SSSR count). The maximum Gasteiger partial charge on any atom is 0.387 e. The number of nitrogens with one attached hydrogen (secondary N) is 1. The first-order chi connectivity index (χ1) is 8.11. The van der Waals surface area contributed by atoms with Gasteiger partial charge in [0.15, 0.2) is 0 Å². The number of benzene rings is 1. The molecule has 1 atom stereocenters. The number of anilines is 1. The van der Waals surface area contributed by atoms with Crippen LogP contribution in [0.1, 0.15) is 19.8 Å². The first kappa shape index (κ1) is 13.5. The molecule has 0 aliphatic heterocycles. The summed E-state index contributed by atoms with van der Waals surface area (Å²) in [6.07, 6.45) is 3.72. The van der Waals surface area contributed by atoms with Gasteiger partial charge in [0.25, 0.3) is 0 Å². The molecular weight excluding hydrogens is 224 g/mol. The molecule has 17 heavy (non-hydrogen) atoms. The van der Waals surface area contributed by atoms with Crippen LogP contribution in [0, 0.1) is 0 Å². The number of ether oxygens (including phenoxy) is 1. The molecule has 0 radical (unpaired) electrons. The number of allylic oxidation sites excluding steroid dienone is 1. The van der Waals surface area contributed by atoms with Crippen molar-refractivity contribution in [3.63, 3.8) is 0 Å². The second-order valence-electron chi connectivity index (χ2n) is 3.82.